The number of hydrogen-bond acceptors (Lipinski definition) is 2. The Hall–Kier alpha value is -0.570. The second-order valence-electron chi connectivity index (χ2n) is 3.21. The summed E-state index contributed by atoms with van der Waals surface area (Å²) in [5, 5.41) is 0.985. The van der Waals surface area contributed by atoms with Crippen LogP contribution in [0, 0.1) is 0 Å². The minimum absolute atomic E-state index is 0.134. The van der Waals surface area contributed by atoms with E-state index in [-0.39, 0.29) is 5.78 Å². The highest BCUT2D eigenvalue weighted by molar-refractivity contribution is 6.42. The second kappa shape index (κ2) is 6.11. The first-order valence-corrected chi connectivity index (χ1v) is 5.33. The molecule has 0 unspecified atom stereocenters. The highest BCUT2D eigenvalue weighted by Crippen LogP contribution is 2.22. The van der Waals surface area contributed by atoms with Gasteiger partial charge >= 0.3 is 0 Å². The predicted molar refractivity (Wildman–Crippen MR) is 61.7 cm³/mol. The van der Waals surface area contributed by atoms with E-state index in [1.807, 2.05) is 0 Å². The van der Waals surface area contributed by atoms with Gasteiger partial charge in [-0.1, -0.05) is 29.3 Å². The summed E-state index contributed by atoms with van der Waals surface area (Å²) in [5.74, 6) is 0.134. The SMILES string of the molecule is COCCC(=O)Cc1ccc(Cl)c(Cl)c1. The summed E-state index contributed by atoms with van der Waals surface area (Å²) in [5.41, 5.74) is 0.880. The standard InChI is InChI=1S/C11H12Cl2O2/c1-15-5-4-9(14)6-8-2-3-10(12)11(13)7-8/h2-3,7H,4-6H2,1H3. The maximum Gasteiger partial charge on any atom is 0.139 e. The number of benzene rings is 1. The zero-order valence-corrected chi connectivity index (χ0v) is 9.94. The Morgan fingerprint density at radius 1 is 1.33 bits per heavy atom. The van der Waals surface area contributed by atoms with Crippen LogP contribution in [-0.4, -0.2) is 19.5 Å². The third-order valence-corrected chi connectivity index (χ3v) is 2.71. The van der Waals surface area contributed by atoms with Crippen LogP contribution in [0.4, 0.5) is 0 Å². The Bertz CT molecular complexity index is 350. The molecule has 0 radical (unpaired) electrons. The van der Waals surface area contributed by atoms with Crippen LogP contribution in [0.2, 0.25) is 10.0 Å². The molecule has 1 rings (SSSR count). The third kappa shape index (κ3) is 4.20. The number of hydrogen-bond donors (Lipinski definition) is 0. The fourth-order valence-corrected chi connectivity index (χ4v) is 1.50. The van der Waals surface area contributed by atoms with Crippen molar-refractivity contribution in [2.45, 2.75) is 12.8 Å². The highest BCUT2D eigenvalue weighted by atomic mass is 35.5. The molecule has 0 aliphatic heterocycles. The lowest BCUT2D eigenvalue weighted by Crippen LogP contribution is -2.06. The van der Waals surface area contributed by atoms with Crippen molar-refractivity contribution in [3.8, 4) is 0 Å². The molecule has 0 atom stereocenters. The third-order valence-electron chi connectivity index (χ3n) is 1.97. The van der Waals surface area contributed by atoms with Crippen molar-refractivity contribution in [1.82, 2.24) is 0 Å². The van der Waals surface area contributed by atoms with Crippen LogP contribution in [-0.2, 0) is 16.0 Å². The van der Waals surface area contributed by atoms with Gasteiger partial charge in [-0.2, -0.15) is 0 Å². The quantitative estimate of drug-likeness (QED) is 0.798. The smallest absolute Gasteiger partial charge is 0.139 e. The molecule has 4 heteroatoms. The van der Waals surface area contributed by atoms with Crippen molar-refractivity contribution in [3.05, 3.63) is 33.8 Å². The van der Waals surface area contributed by atoms with E-state index >= 15 is 0 Å². The molecule has 15 heavy (non-hydrogen) atoms. The van der Waals surface area contributed by atoms with E-state index in [1.54, 1.807) is 25.3 Å². The van der Waals surface area contributed by atoms with Crippen LogP contribution < -0.4 is 0 Å². The topological polar surface area (TPSA) is 26.3 Å². The van der Waals surface area contributed by atoms with Crippen LogP contribution in [0.25, 0.3) is 0 Å². The van der Waals surface area contributed by atoms with E-state index in [1.165, 1.54) is 0 Å². The number of Topliss-reactive ketones (excluding diaryl/α,β-unsaturated/α-hetero) is 1. The van der Waals surface area contributed by atoms with Gasteiger partial charge in [-0.15, -0.1) is 0 Å². The number of halogens is 2. The van der Waals surface area contributed by atoms with Crippen LogP contribution in [0.1, 0.15) is 12.0 Å². The highest BCUT2D eigenvalue weighted by Gasteiger charge is 2.05. The van der Waals surface area contributed by atoms with Gasteiger partial charge in [0, 0.05) is 20.0 Å². The summed E-state index contributed by atoms with van der Waals surface area (Å²) in [7, 11) is 1.58. The van der Waals surface area contributed by atoms with Crippen molar-refractivity contribution < 1.29 is 9.53 Å². The molecule has 0 aliphatic carbocycles. The van der Waals surface area contributed by atoms with Crippen molar-refractivity contribution in [2.24, 2.45) is 0 Å². The van der Waals surface area contributed by atoms with Crippen molar-refractivity contribution in [1.29, 1.82) is 0 Å². The maximum atomic E-state index is 11.4. The molecule has 0 saturated heterocycles. The molecule has 2 nitrogen and oxygen atoms in total. The Labute approximate surface area is 99.1 Å². The Morgan fingerprint density at radius 2 is 2.07 bits per heavy atom. The molecule has 0 N–H and O–H groups in total. The van der Waals surface area contributed by atoms with E-state index in [9.17, 15) is 4.79 Å². The van der Waals surface area contributed by atoms with Gasteiger partial charge in [-0.3, -0.25) is 4.79 Å². The molecule has 0 bridgehead atoms. The summed E-state index contributed by atoms with van der Waals surface area (Å²) in [6.45, 7) is 0.458. The van der Waals surface area contributed by atoms with E-state index in [0.717, 1.165) is 5.56 Å². The van der Waals surface area contributed by atoms with E-state index in [4.69, 9.17) is 27.9 Å². The molecule has 82 valence electrons. The minimum Gasteiger partial charge on any atom is -0.384 e. The minimum atomic E-state index is 0.134. The molecular weight excluding hydrogens is 235 g/mol. The van der Waals surface area contributed by atoms with Gasteiger partial charge in [0.25, 0.3) is 0 Å². The lowest BCUT2D eigenvalue weighted by atomic mass is 10.1. The Balaban J connectivity index is 2.57. The maximum absolute atomic E-state index is 11.4. The number of methoxy groups -OCH3 is 1. The second-order valence-corrected chi connectivity index (χ2v) is 4.02. The van der Waals surface area contributed by atoms with Crippen molar-refractivity contribution in [3.63, 3.8) is 0 Å². The molecule has 0 amide bonds. The van der Waals surface area contributed by atoms with Crippen molar-refractivity contribution in [2.75, 3.05) is 13.7 Å². The fraction of sp³-hybridized carbons (Fsp3) is 0.364. The van der Waals surface area contributed by atoms with E-state index in [2.05, 4.69) is 0 Å². The first-order chi connectivity index (χ1) is 7.13. The molecule has 0 saturated carbocycles. The first-order valence-electron chi connectivity index (χ1n) is 4.58. The van der Waals surface area contributed by atoms with Crippen LogP contribution in [0.5, 0.6) is 0 Å². The summed E-state index contributed by atoms with van der Waals surface area (Å²) < 4.78 is 4.83. The Kier molecular flexibility index (Phi) is 5.09. The summed E-state index contributed by atoms with van der Waals surface area (Å²) in [6, 6.07) is 5.22. The van der Waals surface area contributed by atoms with E-state index in [0.29, 0.717) is 29.5 Å². The summed E-state index contributed by atoms with van der Waals surface area (Å²) in [4.78, 5) is 11.4. The van der Waals surface area contributed by atoms with Gasteiger partial charge in [0.1, 0.15) is 5.78 Å². The lowest BCUT2D eigenvalue weighted by molar-refractivity contribution is -0.119. The molecule has 0 fully saturated rings. The number of carbonyl (C=O) groups is 1. The number of ether oxygens (including phenoxy) is 1. The van der Waals surface area contributed by atoms with Gasteiger partial charge < -0.3 is 4.74 Å². The zero-order valence-electron chi connectivity index (χ0n) is 8.43. The van der Waals surface area contributed by atoms with Crippen LogP contribution in [0.15, 0.2) is 18.2 Å². The molecule has 0 spiro atoms. The van der Waals surface area contributed by atoms with E-state index < -0.39 is 0 Å². The van der Waals surface area contributed by atoms with Gasteiger partial charge in [0.05, 0.1) is 16.7 Å². The van der Waals surface area contributed by atoms with Crippen LogP contribution in [0.3, 0.4) is 0 Å². The number of ketones is 1. The Morgan fingerprint density at radius 3 is 2.67 bits per heavy atom. The molecule has 0 aliphatic rings. The normalized spacial score (nSPS) is 10.3. The largest absolute Gasteiger partial charge is 0.384 e. The van der Waals surface area contributed by atoms with Gasteiger partial charge in [-0.05, 0) is 17.7 Å². The lowest BCUT2D eigenvalue weighted by Gasteiger charge is -2.02. The average molecular weight is 247 g/mol. The monoisotopic (exact) mass is 246 g/mol. The molecule has 0 aromatic heterocycles. The summed E-state index contributed by atoms with van der Waals surface area (Å²) in [6.07, 6.45) is 0.803. The zero-order chi connectivity index (χ0) is 11.3. The van der Waals surface area contributed by atoms with Crippen LogP contribution >= 0.6 is 23.2 Å². The van der Waals surface area contributed by atoms with Crippen molar-refractivity contribution >= 4 is 29.0 Å². The van der Waals surface area contributed by atoms with Gasteiger partial charge in [-0.25, -0.2) is 0 Å². The summed E-state index contributed by atoms with van der Waals surface area (Å²) >= 11 is 11.6. The molecule has 1 aromatic rings. The predicted octanol–water partition coefficient (Wildman–Crippen LogP) is 3.14. The number of carbonyl (C=O) groups excluding carboxylic acids is 1. The fourth-order valence-electron chi connectivity index (χ4n) is 1.18. The van der Waals surface area contributed by atoms with Gasteiger partial charge in [0.15, 0.2) is 0 Å². The molecular formula is C11H12Cl2O2. The first kappa shape index (κ1) is 12.5. The molecule has 0 heterocycles. The average Bonchev–Trinajstić information content (AvgIpc) is 2.20. The van der Waals surface area contributed by atoms with Gasteiger partial charge in [0.2, 0.25) is 0 Å². The number of rotatable bonds is 5. The molecule has 1 aromatic carbocycles.